The molecular weight excluding hydrogens is 709 g/mol. The highest BCUT2D eigenvalue weighted by molar-refractivity contribution is 7.26. The van der Waals surface area contributed by atoms with E-state index in [0.29, 0.717) is 34.9 Å². The summed E-state index contributed by atoms with van der Waals surface area (Å²) in [7, 11) is 0. The van der Waals surface area contributed by atoms with Gasteiger partial charge in [-0.05, 0) is 24.3 Å². The third kappa shape index (κ3) is 5.51. The highest BCUT2D eigenvalue weighted by Crippen LogP contribution is 2.42. The standard InChI is InChI=1S/C48H28N6OS/c1-4-14-29(15-5-1)43-49-44(30-16-6-2-7-17-30)53-48(52-43)38-24-13-22-36-34-27-26-32(28-40(34)56-42(36)38)46-50-45(31-18-8-3-9-19-31)51-47(54-46)37-23-12-21-35-33-20-10-11-25-39(33)55-41(35)37/h1-28H. The Balaban J connectivity index is 1.07. The van der Waals surface area contributed by atoms with E-state index in [1.54, 1.807) is 11.3 Å². The lowest BCUT2D eigenvalue weighted by molar-refractivity contribution is 0.669. The van der Waals surface area contributed by atoms with Crippen molar-refractivity contribution in [3.8, 4) is 68.3 Å². The van der Waals surface area contributed by atoms with Crippen LogP contribution in [-0.2, 0) is 0 Å². The van der Waals surface area contributed by atoms with E-state index in [9.17, 15) is 0 Å². The summed E-state index contributed by atoms with van der Waals surface area (Å²) in [4.78, 5) is 30.2. The molecule has 262 valence electrons. The molecule has 0 saturated heterocycles. The number of aromatic nitrogens is 6. The lowest BCUT2D eigenvalue weighted by Gasteiger charge is -2.09. The molecule has 0 unspecified atom stereocenters. The fraction of sp³-hybridized carbons (Fsp3) is 0. The van der Waals surface area contributed by atoms with Crippen molar-refractivity contribution in [2.45, 2.75) is 0 Å². The maximum Gasteiger partial charge on any atom is 0.167 e. The number of hydrogen-bond donors (Lipinski definition) is 0. The molecule has 4 aromatic heterocycles. The summed E-state index contributed by atoms with van der Waals surface area (Å²) in [5.41, 5.74) is 7.01. The van der Waals surface area contributed by atoms with Crippen LogP contribution < -0.4 is 0 Å². The summed E-state index contributed by atoms with van der Waals surface area (Å²) in [6.45, 7) is 0. The van der Waals surface area contributed by atoms with Gasteiger partial charge in [0.2, 0.25) is 0 Å². The molecule has 56 heavy (non-hydrogen) atoms. The third-order valence-corrected chi connectivity index (χ3v) is 11.2. The van der Waals surface area contributed by atoms with Gasteiger partial charge in [0.25, 0.3) is 0 Å². The zero-order chi connectivity index (χ0) is 37.0. The minimum absolute atomic E-state index is 0.551. The smallest absolute Gasteiger partial charge is 0.167 e. The normalized spacial score (nSPS) is 11.6. The van der Waals surface area contributed by atoms with E-state index in [2.05, 4.69) is 48.5 Å². The van der Waals surface area contributed by atoms with Crippen molar-refractivity contribution in [2.75, 3.05) is 0 Å². The van der Waals surface area contributed by atoms with E-state index in [4.69, 9.17) is 34.3 Å². The minimum atomic E-state index is 0.551. The summed E-state index contributed by atoms with van der Waals surface area (Å²) >= 11 is 1.71. The van der Waals surface area contributed by atoms with Crippen LogP contribution in [0.4, 0.5) is 0 Å². The Morgan fingerprint density at radius 1 is 0.339 bits per heavy atom. The highest BCUT2D eigenvalue weighted by atomic mass is 32.1. The predicted molar refractivity (Wildman–Crippen MR) is 226 cm³/mol. The van der Waals surface area contributed by atoms with Crippen molar-refractivity contribution in [1.29, 1.82) is 0 Å². The van der Waals surface area contributed by atoms with E-state index in [-0.39, 0.29) is 0 Å². The molecule has 0 spiro atoms. The van der Waals surface area contributed by atoms with E-state index in [1.165, 1.54) is 0 Å². The van der Waals surface area contributed by atoms with Gasteiger partial charge in [-0.3, -0.25) is 0 Å². The molecule has 7 aromatic carbocycles. The molecular formula is C48H28N6OS. The number of para-hydroxylation sites is 2. The van der Waals surface area contributed by atoms with Gasteiger partial charge in [-0.2, -0.15) is 0 Å². The molecule has 0 saturated carbocycles. The number of thiophene rings is 1. The van der Waals surface area contributed by atoms with Gasteiger partial charge in [0, 0.05) is 58.8 Å². The Bertz CT molecular complexity index is 3200. The van der Waals surface area contributed by atoms with Crippen LogP contribution in [0.2, 0.25) is 0 Å². The van der Waals surface area contributed by atoms with Gasteiger partial charge in [0.15, 0.2) is 34.9 Å². The highest BCUT2D eigenvalue weighted by Gasteiger charge is 2.20. The summed E-state index contributed by atoms with van der Waals surface area (Å²) in [6, 6.07) is 57.2. The van der Waals surface area contributed by atoms with Crippen molar-refractivity contribution in [2.24, 2.45) is 0 Å². The van der Waals surface area contributed by atoms with E-state index in [1.807, 2.05) is 121 Å². The second-order valence-electron chi connectivity index (χ2n) is 13.5. The molecule has 0 atom stereocenters. The molecule has 0 fully saturated rings. The molecule has 0 radical (unpaired) electrons. The summed E-state index contributed by atoms with van der Waals surface area (Å²) < 4.78 is 8.62. The molecule has 0 aliphatic heterocycles. The molecule has 7 nitrogen and oxygen atoms in total. The molecule has 0 aliphatic carbocycles. The van der Waals surface area contributed by atoms with Gasteiger partial charge in [-0.25, -0.2) is 29.9 Å². The average Bonchev–Trinajstić information content (AvgIpc) is 3.85. The first-order chi connectivity index (χ1) is 27.7. The van der Waals surface area contributed by atoms with Crippen LogP contribution >= 0.6 is 11.3 Å². The molecule has 0 aliphatic rings. The molecule has 0 amide bonds. The van der Waals surface area contributed by atoms with Crippen molar-refractivity contribution < 1.29 is 4.42 Å². The zero-order valence-electron chi connectivity index (χ0n) is 29.7. The number of benzene rings is 7. The molecule has 11 rings (SSSR count). The van der Waals surface area contributed by atoms with Crippen LogP contribution in [0.1, 0.15) is 0 Å². The molecule has 0 bridgehead atoms. The van der Waals surface area contributed by atoms with Gasteiger partial charge in [-0.1, -0.05) is 146 Å². The fourth-order valence-electron chi connectivity index (χ4n) is 7.31. The third-order valence-electron chi connectivity index (χ3n) is 10.0. The summed E-state index contributed by atoms with van der Waals surface area (Å²) in [5.74, 6) is 3.62. The molecule has 11 aromatic rings. The molecule has 0 N–H and O–H groups in total. The SMILES string of the molecule is c1ccc(-c2nc(-c3ccc4c(c3)sc3c(-c5nc(-c6ccccc6)nc(-c6ccccc6)n5)cccc34)nc(-c3cccc4c3oc3ccccc34)n2)cc1. The van der Waals surface area contributed by atoms with Gasteiger partial charge in [-0.15, -0.1) is 11.3 Å². The second-order valence-corrected chi connectivity index (χ2v) is 14.5. The summed E-state index contributed by atoms with van der Waals surface area (Å²) in [5, 5.41) is 4.35. The van der Waals surface area contributed by atoms with Crippen molar-refractivity contribution in [3.05, 3.63) is 170 Å². The minimum Gasteiger partial charge on any atom is -0.455 e. The Morgan fingerprint density at radius 3 is 1.45 bits per heavy atom. The first-order valence-corrected chi connectivity index (χ1v) is 19.1. The van der Waals surface area contributed by atoms with Crippen LogP contribution in [0.15, 0.2) is 174 Å². The van der Waals surface area contributed by atoms with Crippen molar-refractivity contribution >= 4 is 53.4 Å². The number of nitrogens with zero attached hydrogens (tertiary/aromatic N) is 6. The van der Waals surface area contributed by atoms with Crippen LogP contribution in [0.25, 0.3) is 110 Å². The summed E-state index contributed by atoms with van der Waals surface area (Å²) in [6.07, 6.45) is 0. The fourth-order valence-corrected chi connectivity index (χ4v) is 8.56. The molecule has 4 heterocycles. The van der Waals surface area contributed by atoms with Crippen molar-refractivity contribution in [3.63, 3.8) is 0 Å². The van der Waals surface area contributed by atoms with Crippen LogP contribution in [-0.4, -0.2) is 29.9 Å². The Kier molecular flexibility index (Phi) is 7.53. The van der Waals surface area contributed by atoms with Gasteiger partial charge in [0.1, 0.15) is 11.2 Å². The topological polar surface area (TPSA) is 90.5 Å². The van der Waals surface area contributed by atoms with E-state index >= 15 is 0 Å². The number of rotatable bonds is 6. The number of furan rings is 1. The Hall–Kier alpha value is -7.42. The maximum atomic E-state index is 6.42. The average molecular weight is 737 g/mol. The van der Waals surface area contributed by atoms with Crippen molar-refractivity contribution in [1.82, 2.24) is 29.9 Å². The quantitative estimate of drug-likeness (QED) is 0.168. The largest absolute Gasteiger partial charge is 0.455 e. The van der Waals surface area contributed by atoms with Gasteiger partial charge < -0.3 is 4.42 Å². The second kappa shape index (κ2) is 13.2. The molecule has 8 heteroatoms. The van der Waals surface area contributed by atoms with Gasteiger partial charge >= 0.3 is 0 Å². The van der Waals surface area contributed by atoms with Gasteiger partial charge in [0.05, 0.1) is 5.56 Å². The Morgan fingerprint density at radius 2 is 0.821 bits per heavy atom. The predicted octanol–water partition coefficient (Wildman–Crippen LogP) is 12.3. The first kappa shape index (κ1) is 32.0. The van der Waals surface area contributed by atoms with Crippen LogP contribution in [0, 0.1) is 0 Å². The first-order valence-electron chi connectivity index (χ1n) is 18.3. The lowest BCUT2D eigenvalue weighted by atomic mass is 10.1. The van der Waals surface area contributed by atoms with Crippen LogP contribution in [0.3, 0.4) is 0 Å². The van der Waals surface area contributed by atoms with E-state index in [0.717, 1.165) is 75.5 Å². The lowest BCUT2D eigenvalue weighted by Crippen LogP contribution is -2.00. The zero-order valence-corrected chi connectivity index (χ0v) is 30.5. The number of hydrogen-bond acceptors (Lipinski definition) is 8. The Labute approximate surface area is 324 Å². The maximum absolute atomic E-state index is 6.42. The number of fused-ring (bicyclic) bond motifs is 6. The van der Waals surface area contributed by atoms with E-state index < -0.39 is 0 Å². The monoisotopic (exact) mass is 736 g/mol. The van der Waals surface area contributed by atoms with Crippen LogP contribution in [0.5, 0.6) is 0 Å².